The van der Waals surface area contributed by atoms with Crippen LogP contribution in [0.4, 0.5) is 5.95 Å². The molecule has 4 atom stereocenters. The van der Waals surface area contributed by atoms with Gasteiger partial charge in [-0.25, -0.2) is 4.98 Å². The number of hydrogen-bond donors (Lipinski definition) is 2. The van der Waals surface area contributed by atoms with Gasteiger partial charge in [0.1, 0.15) is 18.3 Å². The normalized spacial score (nSPS) is 26.4. The number of anilines is 1. The number of nitrogens with one attached hydrogen (secondary N) is 2. The third kappa shape index (κ3) is 4.85. The number of aromatic nitrogens is 4. The first-order valence-electron chi connectivity index (χ1n) is 10.9. The van der Waals surface area contributed by atoms with Crippen LogP contribution in [0.2, 0.25) is 0 Å². The van der Waals surface area contributed by atoms with Crippen molar-refractivity contribution in [1.82, 2.24) is 19.5 Å². The van der Waals surface area contributed by atoms with E-state index in [1.807, 2.05) is 0 Å². The average Bonchev–Trinajstić information content (AvgIpc) is 3.37. The van der Waals surface area contributed by atoms with Gasteiger partial charge >= 0.3 is 7.60 Å². The lowest BCUT2D eigenvalue weighted by molar-refractivity contribution is -0.191. The number of hydrogen-bond acceptors (Lipinski definition) is 10. The summed E-state index contributed by atoms with van der Waals surface area (Å²) < 4.78 is 43.4. The highest BCUT2D eigenvalue weighted by atomic mass is 31.2. The predicted molar refractivity (Wildman–Crippen MR) is 120 cm³/mol. The molecule has 2 aliphatic rings. The lowest BCUT2D eigenvalue weighted by Gasteiger charge is -2.24. The Morgan fingerprint density at radius 2 is 1.97 bits per heavy atom. The van der Waals surface area contributed by atoms with Gasteiger partial charge in [-0.2, -0.15) is 4.98 Å². The Morgan fingerprint density at radius 3 is 2.62 bits per heavy atom. The fraction of sp³-hybridized carbons (Fsp3) is 0.600. The van der Waals surface area contributed by atoms with Gasteiger partial charge in [0.15, 0.2) is 23.2 Å². The highest BCUT2D eigenvalue weighted by molar-refractivity contribution is 7.57. The minimum atomic E-state index is -3.46. The zero-order valence-corrected chi connectivity index (χ0v) is 20.4. The van der Waals surface area contributed by atoms with Crippen LogP contribution in [0.15, 0.2) is 23.0 Å². The van der Waals surface area contributed by atoms with Crippen molar-refractivity contribution in [3.8, 4) is 0 Å². The molecule has 4 heterocycles. The Bertz CT molecular complexity index is 1200. The summed E-state index contributed by atoms with van der Waals surface area (Å²) in [5.74, 6) is 0.0485. The fourth-order valence-corrected chi connectivity index (χ4v) is 5.35. The molecule has 2 aromatic heterocycles. The van der Waals surface area contributed by atoms with E-state index in [2.05, 4.69) is 20.3 Å². The topological polar surface area (TPSA) is 156 Å². The summed E-state index contributed by atoms with van der Waals surface area (Å²) in [5, 5.41) is 2.46. The number of aromatic amines is 1. The van der Waals surface area contributed by atoms with E-state index >= 15 is 0 Å². The summed E-state index contributed by atoms with van der Waals surface area (Å²) in [4.78, 5) is 34.8. The number of H-pyrrole nitrogens is 1. The minimum absolute atomic E-state index is 0.0176. The maximum atomic E-state index is 12.9. The second-order valence-electron chi connectivity index (χ2n) is 8.19. The average molecular weight is 497 g/mol. The lowest BCUT2D eigenvalue weighted by Crippen LogP contribution is -2.28. The highest BCUT2D eigenvalue weighted by Gasteiger charge is 2.55. The Balaban J connectivity index is 1.70. The number of carbonyl (C=O) groups excluding carboxylic acids is 1. The molecule has 0 spiro atoms. The molecule has 13 nitrogen and oxygen atoms in total. The monoisotopic (exact) mass is 497 g/mol. The number of imidazole rings is 1. The van der Waals surface area contributed by atoms with Gasteiger partial charge < -0.3 is 23.3 Å². The molecule has 14 heteroatoms. The Morgan fingerprint density at radius 1 is 1.29 bits per heavy atom. The number of amides is 1. The standard InChI is InChI=1S/C20H28N5O8P/c1-6-29-34(28,30-7-2)9-8-12-14-15(33-20(4,5)32-14)18(31-12)25-10-21-13-16(25)23-19(22-11(3)26)24-17(13)27/h8-10,12,14-15,18H,6-7H2,1-5H3,(H2,22,23,24,26,27)/b9-8+/t12-,14-,15-,18-/m1/s1. The number of carbonyl (C=O) groups is 1. The second-order valence-corrected chi connectivity index (χ2v) is 10.1. The van der Waals surface area contributed by atoms with Crippen molar-refractivity contribution in [3.05, 3.63) is 28.6 Å². The molecule has 0 aliphatic carbocycles. The molecule has 2 fully saturated rings. The fourth-order valence-electron chi connectivity index (χ4n) is 4.00. The molecule has 4 rings (SSSR count). The second kappa shape index (κ2) is 9.33. The molecule has 0 aromatic carbocycles. The molecule has 1 amide bonds. The molecule has 2 saturated heterocycles. The largest absolute Gasteiger partial charge is 0.353 e. The molecule has 0 unspecified atom stereocenters. The van der Waals surface area contributed by atoms with E-state index in [0.717, 1.165) is 0 Å². The molecule has 34 heavy (non-hydrogen) atoms. The molecule has 186 valence electrons. The molecule has 0 bridgehead atoms. The van der Waals surface area contributed by atoms with Crippen molar-refractivity contribution in [1.29, 1.82) is 0 Å². The number of fused-ring (bicyclic) bond motifs is 2. The van der Waals surface area contributed by atoms with Crippen LogP contribution in [-0.2, 0) is 32.6 Å². The first-order valence-corrected chi connectivity index (χ1v) is 12.5. The van der Waals surface area contributed by atoms with E-state index in [1.165, 1.54) is 19.1 Å². The van der Waals surface area contributed by atoms with Crippen molar-refractivity contribution in [2.24, 2.45) is 0 Å². The number of nitrogens with zero attached hydrogens (tertiary/aromatic N) is 3. The van der Waals surface area contributed by atoms with Crippen molar-refractivity contribution in [2.75, 3.05) is 18.5 Å². The Labute approximate surface area is 195 Å². The predicted octanol–water partition coefficient (Wildman–Crippen LogP) is 2.28. The Kier molecular flexibility index (Phi) is 6.78. The molecule has 0 radical (unpaired) electrons. The van der Waals surface area contributed by atoms with E-state index in [-0.39, 0.29) is 30.3 Å². The summed E-state index contributed by atoms with van der Waals surface area (Å²) in [7, 11) is -3.46. The van der Waals surface area contributed by atoms with Crippen LogP contribution >= 0.6 is 7.60 Å². The summed E-state index contributed by atoms with van der Waals surface area (Å²) in [6.07, 6.45) is 0.410. The smallest absolute Gasteiger partial charge is 0.345 e. The maximum absolute atomic E-state index is 12.9. The van der Waals surface area contributed by atoms with Gasteiger partial charge in [0.2, 0.25) is 11.9 Å². The van der Waals surface area contributed by atoms with Gasteiger partial charge in [0.25, 0.3) is 5.56 Å². The molecule has 2 aromatic rings. The van der Waals surface area contributed by atoms with Crippen molar-refractivity contribution in [2.45, 2.75) is 64.9 Å². The van der Waals surface area contributed by atoms with Crippen LogP contribution in [0.5, 0.6) is 0 Å². The van der Waals surface area contributed by atoms with Crippen molar-refractivity contribution < 1.29 is 32.6 Å². The van der Waals surface area contributed by atoms with E-state index in [1.54, 1.807) is 38.3 Å². The van der Waals surface area contributed by atoms with E-state index in [0.29, 0.717) is 0 Å². The minimum Gasteiger partial charge on any atom is -0.345 e. The number of ether oxygens (including phenoxy) is 3. The zero-order valence-electron chi connectivity index (χ0n) is 19.5. The molecular weight excluding hydrogens is 469 g/mol. The van der Waals surface area contributed by atoms with E-state index in [4.69, 9.17) is 23.3 Å². The van der Waals surface area contributed by atoms with Crippen LogP contribution in [0.1, 0.15) is 40.8 Å². The van der Waals surface area contributed by atoms with Crippen LogP contribution in [0, 0.1) is 0 Å². The summed E-state index contributed by atoms with van der Waals surface area (Å²) in [6.45, 7) is 8.73. The third-order valence-corrected chi connectivity index (χ3v) is 6.92. The van der Waals surface area contributed by atoms with Crippen LogP contribution < -0.4 is 10.9 Å². The van der Waals surface area contributed by atoms with Gasteiger partial charge in [-0.15, -0.1) is 0 Å². The molecular formula is C20H28N5O8P. The first kappa shape index (κ1) is 24.7. The summed E-state index contributed by atoms with van der Waals surface area (Å²) >= 11 is 0. The summed E-state index contributed by atoms with van der Waals surface area (Å²) in [5.41, 5.74) is -0.246. The quantitative estimate of drug-likeness (QED) is 0.519. The number of rotatable bonds is 8. The van der Waals surface area contributed by atoms with Crippen LogP contribution in [0.3, 0.4) is 0 Å². The SMILES string of the molecule is CCOP(=O)(/C=C/[C@H]1O[C@@H](n2cnc3c(=O)[nH]c(NC(C)=O)nc32)[C@@H]2OC(C)(C)O[C@@H]21)OCC. The van der Waals surface area contributed by atoms with E-state index in [9.17, 15) is 14.2 Å². The molecule has 2 N–H and O–H groups in total. The van der Waals surface area contributed by atoms with Crippen LogP contribution in [-0.4, -0.2) is 62.7 Å². The highest BCUT2D eigenvalue weighted by Crippen LogP contribution is 2.51. The lowest BCUT2D eigenvalue weighted by atomic mass is 10.1. The van der Waals surface area contributed by atoms with Crippen molar-refractivity contribution >= 4 is 30.6 Å². The Hall–Kier alpha value is -2.41. The molecule has 2 aliphatic heterocycles. The van der Waals surface area contributed by atoms with Gasteiger partial charge in [0.05, 0.1) is 19.5 Å². The van der Waals surface area contributed by atoms with Crippen LogP contribution in [0.25, 0.3) is 11.2 Å². The zero-order chi connectivity index (χ0) is 24.7. The summed E-state index contributed by atoms with van der Waals surface area (Å²) in [6, 6.07) is 0. The van der Waals surface area contributed by atoms with Gasteiger partial charge in [-0.3, -0.25) is 29.0 Å². The maximum Gasteiger partial charge on any atom is 0.353 e. The first-order chi connectivity index (χ1) is 16.1. The van der Waals surface area contributed by atoms with Gasteiger partial charge in [0, 0.05) is 12.7 Å². The molecule has 0 saturated carbocycles. The van der Waals surface area contributed by atoms with Crippen molar-refractivity contribution in [3.63, 3.8) is 0 Å². The van der Waals surface area contributed by atoms with Gasteiger partial charge in [-0.1, -0.05) is 0 Å². The van der Waals surface area contributed by atoms with Gasteiger partial charge in [-0.05, 0) is 33.8 Å². The third-order valence-electron chi connectivity index (χ3n) is 5.14. The van der Waals surface area contributed by atoms with E-state index < -0.39 is 49.4 Å².